The molecule has 0 amide bonds. The third kappa shape index (κ3) is 1.84. The van der Waals surface area contributed by atoms with Crippen molar-refractivity contribution in [1.29, 1.82) is 0 Å². The Kier molecular flexibility index (Phi) is 2.35. The van der Waals surface area contributed by atoms with Crippen molar-refractivity contribution in [3.8, 4) is 5.75 Å². The largest absolute Gasteiger partial charge is 0.506 e. The summed E-state index contributed by atoms with van der Waals surface area (Å²) < 4.78 is 0. The summed E-state index contributed by atoms with van der Waals surface area (Å²) >= 11 is 5.60. The van der Waals surface area contributed by atoms with Crippen LogP contribution in [-0.4, -0.2) is 10.1 Å². The van der Waals surface area contributed by atoms with Gasteiger partial charge in [0.05, 0.1) is 10.7 Å². The van der Waals surface area contributed by atoms with E-state index >= 15 is 0 Å². The summed E-state index contributed by atoms with van der Waals surface area (Å²) in [4.78, 5) is 4.00. The lowest BCUT2D eigenvalue weighted by molar-refractivity contribution is 0.460. The van der Waals surface area contributed by atoms with Crippen molar-refractivity contribution >= 4 is 11.6 Å². The van der Waals surface area contributed by atoms with Gasteiger partial charge in [0, 0.05) is 12.3 Å². The van der Waals surface area contributed by atoms with Gasteiger partial charge in [-0.2, -0.15) is 0 Å². The third-order valence-corrected chi connectivity index (χ3v) is 1.62. The Hall–Kier alpha value is -0.760. The highest BCUT2D eigenvalue weighted by Gasteiger charge is 2.06. The van der Waals surface area contributed by atoms with Crippen LogP contribution in [-0.2, 0) is 0 Å². The highest BCUT2D eigenvalue weighted by Crippen LogP contribution is 2.24. The maximum atomic E-state index is 9.31. The van der Waals surface area contributed by atoms with Crippen molar-refractivity contribution in [2.45, 2.75) is 19.8 Å². The van der Waals surface area contributed by atoms with Gasteiger partial charge in [0.1, 0.15) is 5.75 Å². The van der Waals surface area contributed by atoms with E-state index in [1.807, 2.05) is 13.8 Å². The Bertz CT molecular complexity index is 260. The van der Waals surface area contributed by atoms with Gasteiger partial charge < -0.3 is 5.11 Å². The van der Waals surface area contributed by atoms with Crippen LogP contribution in [0.15, 0.2) is 12.3 Å². The van der Waals surface area contributed by atoms with E-state index in [1.165, 1.54) is 12.3 Å². The maximum Gasteiger partial charge on any atom is 0.138 e. The van der Waals surface area contributed by atoms with Gasteiger partial charge in [-0.3, -0.25) is 4.98 Å². The molecule has 0 saturated heterocycles. The molecule has 3 heteroatoms. The Morgan fingerprint density at radius 1 is 1.55 bits per heavy atom. The zero-order chi connectivity index (χ0) is 8.43. The Morgan fingerprint density at radius 2 is 2.18 bits per heavy atom. The van der Waals surface area contributed by atoms with Crippen LogP contribution in [0.4, 0.5) is 0 Å². The SMILES string of the molecule is CC(C)c1ncc(Cl)cc1O. The number of pyridine rings is 1. The van der Waals surface area contributed by atoms with Crippen LogP contribution in [0, 0.1) is 0 Å². The molecule has 1 heterocycles. The van der Waals surface area contributed by atoms with E-state index in [1.54, 1.807) is 0 Å². The molecule has 1 N–H and O–H groups in total. The first-order chi connectivity index (χ1) is 5.11. The Morgan fingerprint density at radius 3 is 2.64 bits per heavy atom. The summed E-state index contributed by atoms with van der Waals surface area (Å²) in [7, 11) is 0. The molecule has 2 nitrogen and oxygen atoms in total. The van der Waals surface area contributed by atoms with E-state index in [2.05, 4.69) is 4.98 Å². The van der Waals surface area contributed by atoms with Crippen molar-refractivity contribution in [3.63, 3.8) is 0 Å². The molecular formula is C8H10ClNO. The highest BCUT2D eigenvalue weighted by atomic mass is 35.5. The quantitative estimate of drug-likeness (QED) is 0.705. The number of aromatic hydroxyl groups is 1. The first-order valence-corrected chi connectivity index (χ1v) is 3.83. The lowest BCUT2D eigenvalue weighted by Gasteiger charge is -2.05. The van der Waals surface area contributed by atoms with Gasteiger partial charge in [0.2, 0.25) is 0 Å². The summed E-state index contributed by atoms with van der Waals surface area (Å²) in [5.74, 6) is 0.403. The fraction of sp³-hybridized carbons (Fsp3) is 0.375. The predicted octanol–water partition coefficient (Wildman–Crippen LogP) is 2.56. The molecule has 0 spiro atoms. The average molecular weight is 172 g/mol. The van der Waals surface area contributed by atoms with Crippen molar-refractivity contribution in [1.82, 2.24) is 4.98 Å². The van der Waals surface area contributed by atoms with Crippen LogP contribution in [0.5, 0.6) is 5.75 Å². The Labute approximate surface area is 70.8 Å². The molecule has 60 valence electrons. The molecule has 0 aliphatic rings. The number of aromatic nitrogens is 1. The van der Waals surface area contributed by atoms with Crippen molar-refractivity contribution in [3.05, 3.63) is 23.0 Å². The molecule has 0 radical (unpaired) electrons. The van der Waals surface area contributed by atoms with Crippen LogP contribution in [0.25, 0.3) is 0 Å². The Balaban J connectivity index is 3.09. The second kappa shape index (κ2) is 3.09. The van der Waals surface area contributed by atoms with Crippen molar-refractivity contribution < 1.29 is 5.11 Å². The van der Waals surface area contributed by atoms with E-state index in [0.717, 1.165) is 0 Å². The summed E-state index contributed by atoms with van der Waals surface area (Å²) in [6.45, 7) is 3.94. The molecule has 0 saturated carbocycles. The maximum absolute atomic E-state index is 9.31. The fourth-order valence-corrected chi connectivity index (χ4v) is 1.04. The minimum atomic E-state index is 0.174. The van der Waals surface area contributed by atoms with Crippen LogP contribution in [0.3, 0.4) is 0 Å². The lowest BCUT2D eigenvalue weighted by atomic mass is 10.1. The predicted molar refractivity (Wildman–Crippen MR) is 45.0 cm³/mol. The van der Waals surface area contributed by atoms with Crippen LogP contribution < -0.4 is 0 Å². The molecule has 1 aromatic rings. The minimum Gasteiger partial charge on any atom is -0.506 e. The molecular weight excluding hydrogens is 162 g/mol. The number of halogens is 1. The normalized spacial score (nSPS) is 10.5. The number of rotatable bonds is 1. The molecule has 0 atom stereocenters. The standard InChI is InChI=1S/C8H10ClNO/c1-5(2)8-7(11)3-6(9)4-10-8/h3-5,11H,1-2H3. The molecule has 0 bridgehead atoms. The van der Waals surface area contributed by atoms with Gasteiger partial charge in [0.15, 0.2) is 0 Å². The first-order valence-electron chi connectivity index (χ1n) is 3.45. The third-order valence-electron chi connectivity index (χ3n) is 1.41. The van der Waals surface area contributed by atoms with Gasteiger partial charge in [0.25, 0.3) is 0 Å². The van der Waals surface area contributed by atoms with E-state index in [4.69, 9.17) is 11.6 Å². The zero-order valence-corrected chi connectivity index (χ0v) is 7.26. The molecule has 0 aliphatic heterocycles. The summed E-state index contributed by atoms with van der Waals surface area (Å²) in [6, 6.07) is 1.50. The molecule has 0 unspecified atom stereocenters. The van der Waals surface area contributed by atoms with Crippen LogP contribution in [0.2, 0.25) is 5.02 Å². The van der Waals surface area contributed by atoms with E-state index in [0.29, 0.717) is 10.7 Å². The van der Waals surface area contributed by atoms with Crippen LogP contribution in [0.1, 0.15) is 25.5 Å². The molecule has 0 aromatic carbocycles. The average Bonchev–Trinajstić information content (AvgIpc) is 1.85. The summed E-state index contributed by atoms with van der Waals surface area (Å²) in [6.07, 6.45) is 1.54. The lowest BCUT2D eigenvalue weighted by Crippen LogP contribution is -1.91. The van der Waals surface area contributed by atoms with Gasteiger partial charge in [-0.05, 0) is 5.92 Å². The van der Waals surface area contributed by atoms with E-state index in [9.17, 15) is 5.11 Å². The van der Waals surface area contributed by atoms with E-state index < -0.39 is 0 Å². The zero-order valence-electron chi connectivity index (χ0n) is 6.50. The van der Waals surface area contributed by atoms with Crippen molar-refractivity contribution in [2.24, 2.45) is 0 Å². The molecule has 11 heavy (non-hydrogen) atoms. The minimum absolute atomic E-state index is 0.174. The first kappa shape index (κ1) is 8.34. The van der Waals surface area contributed by atoms with E-state index in [-0.39, 0.29) is 11.7 Å². The van der Waals surface area contributed by atoms with Gasteiger partial charge in [-0.15, -0.1) is 0 Å². The number of nitrogens with zero attached hydrogens (tertiary/aromatic N) is 1. The topological polar surface area (TPSA) is 33.1 Å². The van der Waals surface area contributed by atoms with Gasteiger partial charge >= 0.3 is 0 Å². The second-order valence-electron chi connectivity index (χ2n) is 2.71. The number of hydrogen-bond acceptors (Lipinski definition) is 2. The molecule has 1 rings (SSSR count). The number of hydrogen-bond donors (Lipinski definition) is 1. The monoisotopic (exact) mass is 171 g/mol. The molecule has 0 aliphatic carbocycles. The van der Waals surface area contributed by atoms with Gasteiger partial charge in [-0.25, -0.2) is 0 Å². The summed E-state index contributed by atoms with van der Waals surface area (Å²) in [5.41, 5.74) is 0.689. The molecule has 1 aromatic heterocycles. The molecule has 0 fully saturated rings. The second-order valence-corrected chi connectivity index (χ2v) is 3.15. The van der Waals surface area contributed by atoms with Crippen LogP contribution >= 0.6 is 11.6 Å². The highest BCUT2D eigenvalue weighted by molar-refractivity contribution is 6.30. The van der Waals surface area contributed by atoms with Crippen molar-refractivity contribution in [2.75, 3.05) is 0 Å². The fourth-order valence-electron chi connectivity index (χ4n) is 0.884. The summed E-state index contributed by atoms with van der Waals surface area (Å²) in [5, 5.41) is 9.78. The smallest absolute Gasteiger partial charge is 0.138 e. The van der Waals surface area contributed by atoms with Gasteiger partial charge in [-0.1, -0.05) is 25.4 Å².